The van der Waals surface area contributed by atoms with Gasteiger partial charge in [-0.05, 0) is 63.5 Å². The molecule has 1 saturated heterocycles. The Kier molecular flexibility index (Phi) is 4.84. The summed E-state index contributed by atoms with van der Waals surface area (Å²) in [6.07, 6.45) is 7.97. The summed E-state index contributed by atoms with van der Waals surface area (Å²) in [4.78, 5) is 19.4. The number of carbonyl (C=O) groups is 1. The number of hydrogen-bond acceptors (Lipinski definition) is 2. The van der Waals surface area contributed by atoms with Gasteiger partial charge in [0, 0.05) is 43.5 Å². The lowest BCUT2D eigenvalue weighted by atomic mass is 9.92. The Morgan fingerprint density at radius 3 is 2.58 bits per heavy atom. The molecule has 1 saturated carbocycles. The van der Waals surface area contributed by atoms with Crippen molar-refractivity contribution in [3.63, 3.8) is 0 Å². The molecule has 26 heavy (non-hydrogen) atoms. The number of benzene rings is 1. The Labute approximate surface area is 156 Å². The molecular formula is C22H29N3O. The maximum absolute atomic E-state index is 12.7. The summed E-state index contributed by atoms with van der Waals surface area (Å²) in [5, 5.41) is 0. The molecule has 1 aromatic carbocycles. The third-order valence-electron chi connectivity index (χ3n) is 5.91. The van der Waals surface area contributed by atoms with E-state index in [1.54, 1.807) is 0 Å². The van der Waals surface area contributed by atoms with E-state index >= 15 is 0 Å². The monoisotopic (exact) mass is 351 g/mol. The third kappa shape index (κ3) is 3.84. The van der Waals surface area contributed by atoms with Crippen LogP contribution in [0.5, 0.6) is 0 Å². The smallest absolute Gasteiger partial charge is 0.253 e. The van der Waals surface area contributed by atoms with E-state index < -0.39 is 0 Å². The van der Waals surface area contributed by atoms with E-state index in [-0.39, 0.29) is 5.91 Å². The molecule has 2 heterocycles. The summed E-state index contributed by atoms with van der Waals surface area (Å²) < 4.78 is 2.43. The topological polar surface area (TPSA) is 38.1 Å². The quantitative estimate of drug-likeness (QED) is 0.816. The van der Waals surface area contributed by atoms with Crippen LogP contribution < -0.4 is 0 Å². The molecule has 2 fully saturated rings. The number of likely N-dealkylation sites (tertiary alicyclic amines) is 1. The first-order valence-corrected chi connectivity index (χ1v) is 9.97. The lowest BCUT2D eigenvalue weighted by Gasteiger charge is -2.32. The summed E-state index contributed by atoms with van der Waals surface area (Å²) in [6.45, 7) is 7.07. The molecule has 0 spiro atoms. The Morgan fingerprint density at radius 1 is 1.12 bits per heavy atom. The summed E-state index contributed by atoms with van der Waals surface area (Å²) in [6, 6.07) is 7.93. The van der Waals surface area contributed by atoms with Gasteiger partial charge in [0.15, 0.2) is 0 Å². The van der Waals surface area contributed by atoms with Crippen molar-refractivity contribution in [2.45, 2.75) is 52.5 Å². The van der Waals surface area contributed by atoms with Gasteiger partial charge in [-0.3, -0.25) is 4.79 Å². The molecular weight excluding hydrogens is 322 g/mol. The molecule has 1 aromatic heterocycles. The van der Waals surface area contributed by atoms with E-state index in [1.807, 2.05) is 42.3 Å². The van der Waals surface area contributed by atoms with Crippen molar-refractivity contribution >= 4 is 5.91 Å². The number of aromatic nitrogens is 2. The molecule has 1 amide bonds. The van der Waals surface area contributed by atoms with Gasteiger partial charge >= 0.3 is 0 Å². The standard InChI is InChI=1S/C22H29N3O/c1-16-4-3-5-20(12-16)22(26)24-10-8-18(9-11-24)13-21-23-14-17(2)25(21)15-19-6-7-19/h3-5,12,14,18-19H,6-11,13,15H2,1-2H3. The zero-order chi connectivity index (χ0) is 18.1. The summed E-state index contributed by atoms with van der Waals surface area (Å²) in [5.41, 5.74) is 3.25. The first kappa shape index (κ1) is 17.3. The molecule has 0 N–H and O–H groups in total. The Hall–Kier alpha value is -2.10. The van der Waals surface area contributed by atoms with Gasteiger partial charge < -0.3 is 9.47 Å². The van der Waals surface area contributed by atoms with Crippen LogP contribution in [0.1, 0.15) is 53.1 Å². The van der Waals surface area contributed by atoms with Crippen LogP contribution in [0.3, 0.4) is 0 Å². The maximum atomic E-state index is 12.7. The number of imidazole rings is 1. The fourth-order valence-corrected chi connectivity index (χ4v) is 4.04. The molecule has 4 rings (SSSR count). The van der Waals surface area contributed by atoms with E-state index in [0.717, 1.165) is 55.9 Å². The number of aryl methyl sites for hydroxylation is 2. The van der Waals surface area contributed by atoms with Crippen molar-refractivity contribution in [1.82, 2.24) is 14.5 Å². The van der Waals surface area contributed by atoms with Crippen LogP contribution in [-0.4, -0.2) is 33.4 Å². The average Bonchev–Trinajstić information content (AvgIpc) is 3.41. The lowest BCUT2D eigenvalue weighted by molar-refractivity contribution is 0.0689. The van der Waals surface area contributed by atoms with Crippen molar-refractivity contribution in [1.29, 1.82) is 0 Å². The van der Waals surface area contributed by atoms with E-state index in [1.165, 1.54) is 24.4 Å². The van der Waals surface area contributed by atoms with Crippen LogP contribution in [0, 0.1) is 25.7 Å². The van der Waals surface area contributed by atoms with Crippen molar-refractivity contribution < 1.29 is 4.79 Å². The SMILES string of the molecule is Cc1cccc(C(=O)N2CCC(Cc3ncc(C)n3CC3CC3)CC2)c1. The second kappa shape index (κ2) is 7.26. The molecule has 1 aliphatic heterocycles. The average molecular weight is 351 g/mol. The van der Waals surface area contributed by atoms with Crippen LogP contribution in [0.15, 0.2) is 30.5 Å². The van der Waals surface area contributed by atoms with E-state index in [0.29, 0.717) is 5.92 Å². The number of hydrogen-bond donors (Lipinski definition) is 0. The molecule has 1 aliphatic carbocycles. The second-order valence-corrected chi connectivity index (χ2v) is 8.18. The van der Waals surface area contributed by atoms with Gasteiger partial charge in [0.2, 0.25) is 0 Å². The predicted octanol–water partition coefficient (Wildman–Crippen LogP) is 4.00. The Balaban J connectivity index is 1.34. The number of amides is 1. The highest BCUT2D eigenvalue weighted by Gasteiger charge is 2.27. The number of nitrogens with zero attached hydrogens (tertiary/aromatic N) is 3. The summed E-state index contributed by atoms with van der Waals surface area (Å²) in [5.74, 6) is 2.93. The van der Waals surface area contributed by atoms with Crippen LogP contribution >= 0.6 is 0 Å². The largest absolute Gasteiger partial charge is 0.339 e. The van der Waals surface area contributed by atoms with Crippen LogP contribution in [0.2, 0.25) is 0 Å². The first-order valence-electron chi connectivity index (χ1n) is 9.97. The van der Waals surface area contributed by atoms with Gasteiger partial charge in [-0.25, -0.2) is 4.98 Å². The van der Waals surface area contributed by atoms with Crippen LogP contribution in [0.4, 0.5) is 0 Å². The molecule has 0 atom stereocenters. The van der Waals surface area contributed by atoms with Crippen LogP contribution in [-0.2, 0) is 13.0 Å². The zero-order valence-corrected chi connectivity index (χ0v) is 15.9. The fraction of sp³-hybridized carbons (Fsp3) is 0.545. The van der Waals surface area contributed by atoms with Crippen molar-refractivity contribution in [2.75, 3.05) is 13.1 Å². The molecule has 2 aromatic rings. The molecule has 4 heteroatoms. The normalized spacial score (nSPS) is 18.3. The minimum Gasteiger partial charge on any atom is -0.339 e. The highest BCUT2D eigenvalue weighted by molar-refractivity contribution is 5.94. The molecule has 2 aliphatic rings. The lowest BCUT2D eigenvalue weighted by Crippen LogP contribution is -2.39. The van der Waals surface area contributed by atoms with Gasteiger partial charge in [0.05, 0.1) is 0 Å². The van der Waals surface area contributed by atoms with E-state index in [9.17, 15) is 4.79 Å². The highest BCUT2D eigenvalue weighted by atomic mass is 16.2. The fourth-order valence-electron chi connectivity index (χ4n) is 4.04. The molecule has 4 nitrogen and oxygen atoms in total. The van der Waals surface area contributed by atoms with Crippen molar-refractivity contribution in [3.8, 4) is 0 Å². The van der Waals surface area contributed by atoms with Gasteiger partial charge in [-0.15, -0.1) is 0 Å². The Bertz CT molecular complexity index is 782. The number of rotatable bonds is 5. The minimum absolute atomic E-state index is 0.179. The minimum atomic E-state index is 0.179. The molecule has 0 unspecified atom stereocenters. The van der Waals surface area contributed by atoms with Crippen molar-refractivity contribution in [2.24, 2.45) is 11.8 Å². The van der Waals surface area contributed by atoms with Crippen LogP contribution in [0.25, 0.3) is 0 Å². The number of carbonyl (C=O) groups excluding carboxylic acids is 1. The Morgan fingerprint density at radius 2 is 1.88 bits per heavy atom. The second-order valence-electron chi connectivity index (χ2n) is 8.18. The van der Waals surface area contributed by atoms with E-state index in [4.69, 9.17) is 0 Å². The first-order chi connectivity index (χ1) is 12.6. The molecule has 138 valence electrons. The number of piperidine rings is 1. The summed E-state index contributed by atoms with van der Waals surface area (Å²) >= 11 is 0. The third-order valence-corrected chi connectivity index (χ3v) is 5.91. The van der Waals surface area contributed by atoms with Gasteiger partial charge in [-0.2, -0.15) is 0 Å². The molecule has 0 radical (unpaired) electrons. The van der Waals surface area contributed by atoms with E-state index in [2.05, 4.69) is 16.5 Å². The predicted molar refractivity (Wildman–Crippen MR) is 103 cm³/mol. The highest BCUT2D eigenvalue weighted by Crippen LogP contribution is 2.32. The van der Waals surface area contributed by atoms with Crippen molar-refractivity contribution in [3.05, 3.63) is 53.1 Å². The van der Waals surface area contributed by atoms with Gasteiger partial charge in [-0.1, -0.05) is 17.7 Å². The maximum Gasteiger partial charge on any atom is 0.253 e. The molecule has 0 bridgehead atoms. The summed E-state index contributed by atoms with van der Waals surface area (Å²) in [7, 11) is 0. The zero-order valence-electron chi connectivity index (χ0n) is 15.9. The van der Waals surface area contributed by atoms with Gasteiger partial charge in [0.25, 0.3) is 5.91 Å². The van der Waals surface area contributed by atoms with Gasteiger partial charge in [0.1, 0.15) is 5.82 Å².